The standard InChI is InChI=1S/C21H21NO6/c23-11-16-9-15(6-7-18(16)25)21(27)22-8-2-3-14(10-22)13-28-20-5-1-4-19(26)17(20)12-24/h1,4-7,9,11-12,14,25-26H,2-3,8,10,13H2/t14-/m1/s1. The lowest BCUT2D eigenvalue weighted by atomic mass is 9.98. The van der Waals surface area contributed by atoms with Crippen LogP contribution in [0.5, 0.6) is 17.2 Å². The van der Waals surface area contributed by atoms with Crippen molar-refractivity contribution < 1.29 is 29.3 Å². The van der Waals surface area contributed by atoms with E-state index in [0.717, 1.165) is 12.8 Å². The Hall–Kier alpha value is -3.35. The second-order valence-corrected chi connectivity index (χ2v) is 6.77. The van der Waals surface area contributed by atoms with E-state index in [-0.39, 0.29) is 34.5 Å². The number of carbonyl (C=O) groups is 3. The minimum atomic E-state index is -0.210. The van der Waals surface area contributed by atoms with Gasteiger partial charge < -0.3 is 19.8 Å². The summed E-state index contributed by atoms with van der Waals surface area (Å²) in [6, 6.07) is 8.85. The van der Waals surface area contributed by atoms with Crippen LogP contribution in [0, 0.1) is 5.92 Å². The fraction of sp³-hybridized carbons (Fsp3) is 0.286. The Kier molecular flexibility index (Phi) is 5.93. The van der Waals surface area contributed by atoms with Gasteiger partial charge in [0.15, 0.2) is 12.6 Å². The maximum atomic E-state index is 12.8. The van der Waals surface area contributed by atoms with Crippen molar-refractivity contribution >= 4 is 18.5 Å². The third kappa shape index (κ3) is 4.14. The molecule has 2 N–H and O–H groups in total. The SMILES string of the molecule is O=Cc1cc(C(=O)N2CCC[C@@H](COc3cccc(O)c3C=O)C2)ccc1O. The largest absolute Gasteiger partial charge is 0.507 e. The minimum absolute atomic E-state index is 0.0715. The Balaban J connectivity index is 1.66. The number of phenolic OH excluding ortho intramolecular Hbond substituents is 2. The first kappa shape index (κ1) is 19.4. The van der Waals surface area contributed by atoms with Gasteiger partial charge in [-0.25, -0.2) is 0 Å². The second-order valence-electron chi connectivity index (χ2n) is 6.77. The van der Waals surface area contributed by atoms with E-state index in [9.17, 15) is 24.6 Å². The van der Waals surface area contributed by atoms with Crippen molar-refractivity contribution in [1.29, 1.82) is 0 Å². The minimum Gasteiger partial charge on any atom is -0.507 e. The molecule has 28 heavy (non-hydrogen) atoms. The van der Waals surface area contributed by atoms with E-state index in [1.54, 1.807) is 17.0 Å². The van der Waals surface area contributed by atoms with Gasteiger partial charge in [-0.05, 0) is 43.2 Å². The van der Waals surface area contributed by atoms with E-state index in [1.807, 2.05) is 0 Å². The number of benzene rings is 2. The van der Waals surface area contributed by atoms with Crippen molar-refractivity contribution in [2.75, 3.05) is 19.7 Å². The molecule has 7 heteroatoms. The first-order valence-electron chi connectivity index (χ1n) is 9.01. The molecule has 1 saturated heterocycles. The lowest BCUT2D eigenvalue weighted by Crippen LogP contribution is -2.41. The number of piperidine rings is 1. The highest BCUT2D eigenvalue weighted by Gasteiger charge is 2.25. The van der Waals surface area contributed by atoms with Crippen molar-refractivity contribution in [2.24, 2.45) is 5.92 Å². The molecule has 1 heterocycles. The lowest BCUT2D eigenvalue weighted by molar-refractivity contribution is 0.0633. The quantitative estimate of drug-likeness (QED) is 0.743. The number of nitrogens with zero attached hydrogens (tertiary/aromatic N) is 1. The van der Waals surface area contributed by atoms with Crippen LogP contribution in [0.25, 0.3) is 0 Å². The summed E-state index contributed by atoms with van der Waals surface area (Å²) in [4.78, 5) is 36.6. The van der Waals surface area contributed by atoms with E-state index in [4.69, 9.17) is 4.74 Å². The Morgan fingerprint density at radius 3 is 2.71 bits per heavy atom. The van der Waals surface area contributed by atoms with E-state index < -0.39 is 0 Å². The maximum absolute atomic E-state index is 12.8. The molecule has 0 aromatic heterocycles. The zero-order valence-corrected chi connectivity index (χ0v) is 15.2. The van der Waals surface area contributed by atoms with Crippen LogP contribution in [0.2, 0.25) is 0 Å². The van der Waals surface area contributed by atoms with Crippen molar-refractivity contribution in [2.45, 2.75) is 12.8 Å². The number of aromatic hydroxyl groups is 2. The van der Waals surface area contributed by atoms with Gasteiger partial charge in [0.1, 0.15) is 17.2 Å². The Labute approximate surface area is 162 Å². The van der Waals surface area contributed by atoms with Crippen LogP contribution in [0.4, 0.5) is 0 Å². The molecular formula is C21H21NO6. The molecule has 0 bridgehead atoms. The summed E-state index contributed by atoms with van der Waals surface area (Å²) in [7, 11) is 0. The lowest BCUT2D eigenvalue weighted by Gasteiger charge is -2.33. The molecule has 0 aliphatic carbocycles. The van der Waals surface area contributed by atoms with Crippen molar-refractivity contribution in [3.8, 4) is 17.2 Å². The van der Waals surface area contributed by atoms with E-state index in [0.29, 0.717) is 43.6 Å². The number of amides is 1. The number of likely N-dealkylation sites (tertiary alicyclic amines) is 1. The first-order chi connectivity index (χ1) is 13.5. The molecule has 146 valence electrons. The molecule has 7 nitrogen and oxygen atoms in total. The summed E-state index contributed by atoms with van der Waals surface area (Å²) in [5, 5.41) is 19.3. The average Bonchev–Trinajstić information content (AvgIpc) is 2.72. The zero-order valence-electron chi connectivity index (χ0n) is 15.2. The Morgan fingerprint density at radius 2 is 1.96 bits per heavy atom. The number of phenols is 2. The van der Waals surface area contributed by atoms with Crippen molar-refractivity contribution in [1.82, 2.24) is 4.90 Å². The predicted octanol–water partition coefficient (Wildman–Crippen LogP) is 2.65. The third-order valence-electron chi connectivity index (χ3n) is 4.84. The summed E-state index contributed by atoms with van der Waals surface area (Å²) in [6.07, 6.45) is 2.74. The van der Waals surface area contributed by atoms with Gasteiger partial charge in [0, 0.05) is 24.6 Å². The second kappa shape index (κ2) is 8.56. The van der Waals surface area contributed by atoms with Gasteiger partial charge in [0.05, 0.1) is 17.7 Å². The summed E-state index contributed by atoms with van der Waals surface area (Å²) in [6.45, 7) is 1.38. The number of hydrogen-bond acceptors (Lipinski definition) is 6. The molecule has 1 aliphatic heterocycles. The molecule has 0 unspecified atom stereocenters. The molecular weight excluding hydrogens is 362 g/mol. The molecule has 1 fully saturated rings. The normalized spacial score (nSPS) is 16.4. The van der Waals surface area contributed by atoms with Crippen LogP contribution in [-0.2, 0) is 0 Å². The zero-order chi connectivity index (χ0) is 20.1. The van der Waals surface area contributed by atoms with Gasteiger partial charge in [-0.3, -0.25) is 14.4 Å². The first-order valence-corrected chi connectivity index (χ1v) is 9.01. The summed E-state index contributed by atoms with van der Waals surface area (Å²) < 4.78 is 5.73. The highest BCUT2D eigenvalue weighted by molar-refractivity contribution is 5.96. The monoisotopic (exact) mass is 383 g/mol. The molecule has 2 aromatic carbocycles. The molecule has 2 aromatic rings. The van der Waals surface area contributed by atoms with E-state index >= 15 is 0 Å². The van der Waals surface area contributed by atoms with Gasteiger partial charge in [0.25, 0.3) is 5.91 Å². The Morgan fingerprint density at radius 1 is 1.14 bits per heavy atom. The predicted molar refractivity (Wildman–Crippen MR) is 101 cm³/mol. The molecule has 0 spiro atoms. The van der Waals surface area contributed by atoms with Crippen LogP contribution < -0.4 is 4.74 Å². The third-order valence-corrected chi connectivity index (χ3v) is 4.84. The molecule has 1 amide bonds. The maximum Gasteiger partial charge on any atom is 0.253 e. The van der Waals surface area contributed by atoms with Crippen molar-refractivity contribution in [3.05, 3.63) is 53.1 Å². The number of rotatable bonds is 6. The number of hydrogen-bond donors (Lipinski definition) is 2. The summed E-state index contributed by atoms with van der Waals surface area (Å²) in [5.74, 6) is -0.117. The summed E-state index contributed by atoms with van der Waals surface area (Å²) >= 11 is 0. The summed E-state index contributed by atoms with van der Waals surface area (Å²) in [5.41, 5.74) is 0.530. The number of carbonyl (C=O) groups excluding carboxylic acids is 3. The average molecular weight is 383 g/mol. The molecule has 1 atom stereocenters. The van der Waals surface area contributed by atoms with Gasteiger partial charge >= 0.3 is 0 Å². The van der Waals surface area contributed by atoms with Gasteiger partial charge in [0.2, 0.25) is 0 Å². The fourth-order valence-electron chi connectivity index (χ4n) is 3.33. The molecule has 3 rings (SSSR count). The van der Waals surface area contributed by atoms with E-state index in [2.05, 4.69) is 0 Å². The van der Waals surface area contributed by atoms with Crippen LogP contribution in [0.3, 0.4) is 0 Å². The number of aldehydes is 2. The molecule has 0 saturated carbocycles. The van der Waals surface area contributed by atoms with Gasteiger partial charge in [-0.2, -0.15) is 0 Å². The van der Waals surface area contributed by atoms with Crippen LogP contribution in [0.15, 0.2) is 36.4 Å². The fourth-order valence-corrected chi connectivity index (χ4v) is 3.33. The highest BCUT2D eigenvalue weighted by Crippen LogP contribution is 2.27. The molecule has 1 aliphatic rings. The smallest absolute Gasteiger partial charge is 0.253 e. The molecule has 0 radical (unpaired) electrons. The Bertz CT molecular complexity index is 894. The van der Waals surface area contributed by atoms with Gasteiger partial charge in [-0.1, -0.05) is 6.07 Å². The van der Waals surface area contributed by atoms with E-state index in [1.165, 1.54) is 24.3 Å². The van der Waals surface area contributed by atoms with Gasteiger partial charge in [-0.15, -0.1) is 0 Å². The van der Waals surface area contributed by atoms with Crippen LogP contribution >= 0.6 is 0 Å². The number of ether oxygens (including phenoxy) is 1. The topological polar surface area (TPSA) is 104 Å². The van der Waals surface area contributed by atoms with Crippen LogP contribution in [-0.4, -0.2) is 53.3 Å². The highest BCUT2D eigenvalue weighted by atomic mass is 16.5. The van der Waals surface area contributed by atoms with Crippen molar-refractivity contribution in [3.63, 3.8) is 0 Å². The van der Waals surface area contributed by atoms with Crippen LogP contribution in [0.1, 0.15) is 43.9 Å².